The van der Waals surface area contributed by atoms with Crippen molar-refractivity contribution in [1.29, 1.82) is 0 Å². The van der Waals surface area contributed by atoms with Crippen molar-refractivity contribution in [1.82, 2.24) is 0 Å². The molecule has 2 aromatic carbocycles. The van der Waals surface area contributed by atoms with E-state index in [9.17, 15) is 19.3 Å². The molecule has 3 rings (SSSR count). The van der Waals surface area contributed by atoms with Crippen LogP contribution < -0.4 is 9.64 Å². The zero-order valence-electron chi connectivity index (χ0n) is 13.2. The third-order valence-electron chi connectivity index (χ3n) is 3.77. The first-order valence-electron chi connectivity index (χ1n) is 7.63. The Kier molecular flexibility index (Phi) is 4.90. The molecule has 1 aliphatic heterocycles. The minimum atomic E-state index is -0.790. The van der Waals surface area contributed by atoms with Crippen LogP contribution in [0.4, 0.5) is 15.8 Å². The standard InChI is InChI=1S/C17H15FN2O5/c18-13-2-1-3-14(11-13)25-17(21)12-4-5-15(16(10-12)20(22)23)19-6-8-24-9-7-19/h1-5,10-11H,6-9H2. The topological polar surface area (TPSA) is 81.9 Å². The van der Waals surface area contributed by atoms with Gasteiger partial charge < -0.3 is 14.4 Å². The van der Waals surface area contributed by atoms with Crippen LogP contribution in [0.5, 0.6) is 5.75 Å². The van der Waals surface area contributed by atoms with E-state index in [2.05, 4.69) is 0 Å². The predicted molar refractivity (Wildman–Crippen MR) is 87.5 cm³/mol. The number of benzene rings is 2. The highest BCUT2D eigenvalue weighted by atomic mass is 19.1. The summed E-state index contributed by atoms with van der Waals surface area (Å²) >= 11 is 0. The smallest absolute Gasteiger partial charge is 0.343 e. The van der Waals surface area contributed by atoms with Crippen LogP contribution in [0.2, 0.25) is 0 Å². The molecule has 1 aliphatic rings. The number of ether oxygens (including phenoxy) is 2. The molecule has 0 bridgehead atoms. The van der Waals surface area contributed by atoms with E-state index < -0.39 is 16.7 Å². The van der Waals surface area contributed by atoms with Crippen LogP contribution >= 0.6 is 0 Å². The number of nitro benzene ring substituents is 1. The summed E-state index contributed by atoms with van der Waals surface area (Å²) < 4.78 is 23.5. The van der Waals surface area contributed by atoms with Gasteiger partial charge in [0.25, 0.3) is 5.69 Å². The van der Waals surface area contributed by atoms with Gasteiger partial charge in [0.2, 0.25) is 0 Å². The average Bonchev–Trinajstić information content (AvgIpc) is 2.62. The number of rotatable bonds is 4. The van der Waals surface area contributed by atoms with E-state index in [-0.39, 0.29) is 17.0 Å². The number of anilines is 1. The van der Waals surface area contributed by atoms with Crippen molar-refractivity contribution < 1.29 is 23.6 Å². The van der Waals surface area contributed by atoms with Gasteiger partial charge in [-0.15, -0.1) is 0 Å². The molecule has 0 amide bonds. The second-order valence-corrected chi connectivity index (χ2v) is 5.41. The van der Waals surface area contributed by atoms with Crippen molar-refractivity contribution in [3.63, 3.8) is 0 Å². The fourth-order valence-corrected chi connectivity index (χ4v) is 2.56. The van der Waals surface area contributed by atoms with Crippen LogP contribution in [-0.2, 0) is 4.74 Å². The molecular weight excluding hydrogens is 331 g/mol. The minimum absolute atomic E-state index is 0.0213. The summed E-state index contributed by atoms with van der Waals surface area (Å²) in [6.07, 6.45) is 0. The average molecular weight is 346 g/mol. The van der Waals surface area contributed by atoms with Crippen molar-refractivity contribution in [2.24, 2.45) is 0 Å². The molecule has 2 aromatic rings. The van der Waals surface area contributed by atoms with Gasteiger partial charge >= 0.3 is 5.97 Å². The monoisotopic (exact) mass is 346 g/mol. The Balaban J connectivity index is 1.85. The fraction of sp³-hybridized carbons (Fsp3) is 0.235. The third kappa shape index (κ3) is 3.92. The van der Waals surface area contributed by atoms with E-state index in [1.54, 1.807) is 0 Å². The van der Waals surface area contributed by atoms with Gasteiger partial charge in [-0.25, -0.2) is 9.18 Å². The summed E-state index contributed by atoms with van der Waals surface area (Å²) in [5.74, 6) is -1.30. The zero-order valence-corrected chi connectivity index (χ0v) is 13.2. The Bertz CT molecular complexity index is 805. The molecule has 25 heavy (non-hydrogen) atoms. The normalized spacial score (nSPS) is 14.2. The predicted octanol–water partition coefficient (Wildman–Crippen LogP) is 2.79. The molecule has 0 aliphatic carbocycles. The molecule has 1 saturated heterocycles. The molecule has 1 fully saturated rings. The molecule has 1 heterocycles. The molecule has 0 aromatic heterocycles. The summed E-state index contributed by atoms with van der Waals surface area (Å²) in [6, 6.07) is 9.27. The Morgan fingerprint density at radius 1 is 1.20 bits per heavy atom. The lowest BCUT2D eigenvalue weighted by atomic mass is 10.1. The first-order valence-corrected chi connectivity index (χ1v) is 7.63. The lowest BCUT2D eigenvalue weighted by Gasteiger charge is -2.28. The van der Waals surface area contributed by atoms with Gasteiger partial charge in [-0.3, -0.25) is 10.1 Å². The SMILES string of the molecule is O=C(Oc1cccc(F)c1)c1ccc(N2CCOCC2)c([N+](=O)[O-])c1. The van der Waals surface area contributed by atoms with E-state index in [0.29, 0.717) is 32.0 Å². The Morgan fingerprint density at radius 2 is 1.96 bits per heavy atom. The second kappa shape index (κ2) is 7.27. The van der Waals surface area contributed by atoms with Crippen LogP contribution in [0, 0.1) is 15.9 Å². The lowest BCUT2D eigenvalue weighted by molar-refractivity contribution is -0.384. The molecule has 0 atom stereocenters. The van der Waals surface area contributed by atoms with Crippen LogP contribution in [0.3, 0.4) is 0 Å². The van der Waals surface area contributed by atoms with E-state index >= 15 is 0 Å². The van der Waals surface area contributed by atoms with Gasteiger partial charge in [-0.2, -0.15) is 0 Å². The summed E-state index contributed by atoms with van der Waals surface area (Å²) in [5.41, 5.74) is 0.263. The second-order valence-electron chi connectivity index (χ2n) is 5.41. The molecule has 0 unspecified atom stereocenters. The molecule has 0 N–H and O–H groups in total. The van der Waals surface area contributed by atoms with E-state index in [0.717, 1.165) is 6.07 Å². The Labute approximate surface area is 142 Å². The van der Waals surface area contributed by atoms with Crippen molar-refractivity contribution >= 4 is 17.3 Å². The van der Waals surface area contributed by atoms with Crippen molar-refractivity contribution in [3.8, 4) is 5.75 Å². The number of esters is 1. The number of carbonyl (C=O) groups is 1. The quantitative estimate of drug-likeness (QED) is 0.366. The molecule has 7 nitrogen and oxygen atoms in total. The first kappa shape index (κ1) is 16.8. The number of carbonyl (C=O) groups excluding carboxylic acids is 1. The first-order chi connectivity index (χ1) is 12.0. The number of nitrogens with zero attached hydrogens (tertiary/aromatic N) is 2. The molecular formula is C17H15FN2O5. The Morgan fingerprint density at radius 3 is 2.64 bits per heavy atom. The highest BCUT2D eigenvalue weighted by Gasteiger charge is 2.24. The van der Waals surface area contributed by atoms with Gasteiger partial charge in [0.1, 0.15) is 17.3 Å². The molecule has 0 spiro atoms. The number of morpholine rings is 1. The van der Waals surface area contributed by atoms with Gasteiger partial charge in [-0.1, -0.05) is 6.07 Å². The molecule has 130 valence electrons. The molecule has 8 heteroatoms. The summed E-state index contributed by atoms with van der Waals surface area (Å²) in [5, 5.41) is 11.4. The maximum Gasteiger partial charge on any atom is 0.343 e. The van der Waals surface area contributed by atoms with E-state index in [4.69, 9.17) is 9.47 Å². The van der Waals surface area contributed by atoms with Gasteiger partial charge in [0.15, 0.2) is 0 Å². The summed E-state index contributed by atoms with van der Waals surface area (Å²) in [7, 11) is 0. The van der Waals surface area contributed by atoms with Gasteiger partial charge in [0, 0.05) is 25.2 Å². The highest BCUT2D eigenvalue weighted by Crippen LogP contribution is 2.30. The maximum absolute atomic E-state index is 13.2. The highest BCUT2D eigenvalue weighted by molar-refractivity contribution is 5.93. The van der Waals surface area contributed by atoms with E-state index in [1.807, 2.05) is 4.90 Å². The Hall–Kier alpha value is -3.00. The number of halogens is 1. The van der Waals surface area contributed by atoms with Crippen LogP contribution in [0.25, 0.3) is 0 Å². The zero-order chi connectivity index (χ0) is 17.8. The van der Waals surface area contributed by atoms with E-state index in [1.165, 1.54) is 36.4 Å². The van der Waals surface area contributed by atoms with Crippen LogP contribution in [0.15, 0.2) is 42.5 Å². The minimum Gasteiger partial charge on any atom is -0.423 e. The van der Waals surface area contributed by atoms with Gasteiger partial charge in [-0.05, 0) is 24.3 Å². The fourth-order valence-electron chi connectivity index (χ4n) is 2.56. The summed E-state index contributed by atoms with van der Waals surface area (Å²) in [4.78, 5) is 24.9. The maximum atomic E-state index is 13.2. The van der Waals surface area contributed by atoms with Gasteiger partial charge in [0.05, 0.1) is 23.7 Å². The third-order valence-corrected chi connectivity index (χ3v) is 3.77. The number of nitro groups is 1. The molecule has 0 saturated carbocycles. The van der Waals surface area contributed by atoms with Crippen LogP contribution in [-0.4, -0.2) is 37.2 Å². The van der Waals surface area contributed by atoms with Crippen LogP contribution in [0.1, 0.15) is 10.4 Å². The lowest BCUT2D eigenvalue weighted by Crippen LogP contribution is -2.36. The number of hydrogen-bond donors (Lipinski definition) is 0. The van der Waals surface area contributed by atoms with Crippen molar-refractivity contribution in [3.05, 3.63) is 64.0 Å². The number of hydrogen-bond acceptors (Lipinski definition) is 6. The van der Waals surface area contributed by atoms with Crippen molar-refractivity contribution in [2.75, 3.05) is 31.2 Å². The van der Waals surface area contributed by atoms with Crippen molar-refractivity contribution in [2.45, 2.75) is 0 Å². The largest absolute Gasteiger partial charge is 0.423 e. The molecule has 0 radical (unpaired) electrons. The summed E-state index contributed by atoms with van der Waals surface area (Å²) in [6.45, 7) is 2.04.